The Balaban J connectivity index is 4.81. The zero-order chi connectivity index (χ0) is 14.7. The maximum absolute atomic E-state index is 11.7. The Kier molecular flexibility index (Phi) is 9.22. The minimum absolute atomic E-state index is 0.0833. The highest BCUT2D eigenvalue weighted by Gasteiger charge is 2.20. The molecule has 0 heterocycles. The van der Waals surface area contributed by atoms with Gasteiger partial charge in [-0.2, -0.15) is 0 Å². The van der Waals surface area contributed by atoms with Gasteiger partial charge in [0.25, 0.3) is 0 Å². The molecule has 0 N–H and O–H groups in total. The van der Waals surface area contributed by atoms with Gasteiger partial charge in [0.1, 0.15) is 5.57 Å². The predicted octanol–water partition coefficient (Wildman–Crippen LogP) is 1.89. The van der Waals surface area contributed by atoms with Crippen molar-refractivity contribution in [3.63, 3.8) is 0 Å². The third-order valence-electron chi connectivity index (χ3n) is 1.96. The first-order valence-electron chi connectivity index (χ1n) is 6.42. The molecule has 108 valence electrons. The van der Waals surface area contributed by atoms with Crippen LogP contribution in [0.1, 0.15) is 26.7 Å². The maximum atomic E-state index is 11.7. The summed E-state index contributed by atoms with van der Waals surface area (Å²) >= 11 is 0. The minimum atomic E-state index is -0.647. The van der Waals surface area contributed by atoms with Gasteiger partial charge in [0.05, 0.1) is 13.2 Å². The van der Waals surface area contributed by atoms with E-state index >= 15 is 0 Å². The van der Waals surface area contributed by atoms with E-state index in [4.69, 9.17) is 9.47 Å². The smallest absolute Gasteiger partial charge is 0.345 e. The number of ether oxygens (including phenoxy) is 2. The van der Waals surface area contributed by atoms with Crippen molar-refractivity contribution in [2.24, 2.45) is 0 Å². The van der Waals surface area contributed by atoms with Crippen molar-refractivity contribution in [1.82, 2.24) is 4.90 Å². The van der Waals surface area contributed by atoms with E-state index < -0.39 is 11.9 Å². The van der Waals surface area contributed by atoms with E-state index in [0.29, 0.717) is 12.8 Å². The second kappa shape index (κ2) is 10.2. The summed E-state index contributed by atoms with van der Waals surface area (Å²) in [4.78, 5) is 25.3. The first-order chi connectivity index (χ1) is 9.02. The lowest BCUT2D eigenvalue weighted by atomic mass is 10.2. The molecule has 0 saturated carbocycles. The van der Waals surface area contributed by atoms with E-state index in [1.807, 2.05) is 27.9 Å². The van der Waals surface area contributed by atoms with Gasteiger partial charge in [-0.15, -0.1) is 0 Å². The molecule has 5 heteroatoms. The lowest BCUT2D eigenvalue weighted by Crippen LogP contribution is -2.19. The summed E-state index contributed by atoms with van der Waals surface area (Å²) in [7, 11) is 3.68. The lowest BCUT2D eigenvalue weighted by Gasteiger charge is -2.07. The van der Waals surface area contributed by atoms with Crippen molar-refractivity contribution in [2.45, 2.75) is 26.7 Å². The second-order valence-electron chi connectivity index (χ2n) is 4.16. The second-order valence-corrected chi connectivity index (χ2v) is 4.16. The highest BCUT2D eigenvalue weighted by molar-refractivity contribution is 6.14. The topological polar surface area (TPSA) is 55.8 Å². The van der Waals surface area contributed by atoms with Gasteiger partial charge in [-0.3, -0.25) is 0 Å². The summed E-state index contributed by atoms with van der Waals surface area (Å²) in [5, 5.41) is 0. The van der Waals surface area contributed by atoms with E-state index in [1.54, 1.807) is 17.2 Å². The molecule has 0 bridgehead atoms. The van der Waals surface area contributed by atoms with Crippen molar-refractivity contribution in [3.8, 4) is 0 Å². The van der Waals surface area contributed by atoms with Crippen molar-refractivity contribution in [3.05, 3.63) is 23.9 Å². The van der Waals surface area contributed by atoms with E-state index in [9.17, 15) is 9.59 Å². The summed E-state index contributed by atoms with van der Waals surface area (Å²) in [6.07, 6.45) is 6.15. The molecule has 0 atom stereocenters. The summed E-state index contributed by atoms with van der Waals surface area (Å²) in [5.41, 5.74) is -0.0833. The highest BCUT2D eigenvalue weighted by Crippen LogP contribution is 2.04. The van der Waals surface area contributed by atoms with Crippen molar-refractivity contribution in [1.29, 1.82) is 0 Å². The monoisotopic (exact) mass is 269 g/mol. The normalized spacial score (nSPS) is 10.1. The number of hydrogen-bond donors (Lipinski definition) is 0. The minimum Gasteiger partial charge on any atom is -0.462 e. The van der Waals surface area contributed by atoms with Gasteiger partial charge in [-0.25, -0.2) is 9.59 Å². The van der Waals surface area contributed by atoms with E-state index in [1.165, 1.54) is 6.08 Å². The molecule has 0 rings (SSSR count). The fourth-order valence-electron chi connectivity index (χ4n) is 1.08. The molecule has 0 unspecified atom stereocenters. The average Bonchev–Trinajstić information content (AvgIpc) is 2.37. The number of carbonyl (C=O) groups excluding carboxylic acids is 2. The van der Waals surface area contributed by atoms with E-state index in [-0.39, 0.29) is 18.8 Å². The van der Waals surface area contributed by atoms with Crippen LogP contribution in [-0.4, -0.2) is 44.1 Å². The van der Waals surface area contributed by atoms with Crippen molar-refractivity contribution in [2.75, 3.05) is 27.3 Å². The van der Waals surface area contributed by atoms with Crippen LogP contribution in [0.3, 0.4) is 0 Å². The van der Waals surface area contributed by atoms with E-state index in [0.717, 1.165) is 0 Å². The Hall–Kier alpha value is -1.78. The number of esters is 2. The standard InChI is InChI=1S/C14H23NO4/c1-5-10-18-13(16)12(8-7-9-15(3)4)14(17)19-11-6-2/h7-9H,5-6,10-11H2,1-4H3. The molecule has 0 spiro atoms. The molecule has 0 amide bonds. The van der Waals surface area contributed by atoms with E-state index in [2.05, 4.69) is 0 Å². The van der Waals surface area contributed by atoms with Crippen LogP contribution in [-0.2, 0) is 19.1 Å². The molecule has 0 aromatic carbocycles. The van der Waals surface area contributed by atoms with Crippen LogP contribution in [0, 0.1) is 0 Å². The summed E-state index contributed by atoms with van der Waals surface area (Å²) in [5.74, 6) is -1.29. The summed E-state index contributed by atoms with van der Waals surface area (Å²) in [6.45, 7) is 4.35. The van der Waals surface area contributed by atoms with Gasteiger partial charge in [0, 0.05) is 14.1 Å². The summed E-state index contributed by atoms with van der Waals surface area (Å²) < 4.78 is 9.91. The van der Waals surface area contributed by atoms with Crippen LogP contribution < -0.4 is 0 Å². The zero-order valence-corrected chi connectivity index (χ0v) is 12.1. The SMILES string of the molecule is CCCOC(=O)C(=CC=CN(C)C)C(=O)OCCC. The number of rotatable bonds is 8. The maximum Gasteiger partial charge on any atom is 0.345 e. The molecule has 19 heavy (non-hydrogen) atoms. The third kappa shape index (κ3) is 8.02. The highest BCUT2D eigenvalue weighted by atomic mass is 16.6. The first kappa shape index (κ1) is 17.2. The Morgan fingerprint density at radius 1 is 1.00 bits per heavy atom. The summed E-state index contributed by atoms with van der Waals surface area (Å²) in [6, 6.07) is 0. The van der Waals surface area contributed by atoms with Crippen LogP contribution in [0.25, 0.3) is 0 Å². The number of carbonyl (C=O) groups is 2. The number of hydrogen-bond acceptors (Lipinski definition) is 5. The molecule has 5 nitrogen and oxygen atoms in total. The lowest BCUT2D eigenvalue weighted by molar-refractivity contribution is -0.147. The average molecular weight is 269 g/mol. The molecular formula is C14H23NO4. The molecule has 0 radical (unpaired) electrons. The van der Waals surface area contributed by atoms with Gasteiger partial charge in [0.2, 0.25) is 0 Å². The van der Waals surface area contributed by atoms with Crippen LogP contribution in [0.2, 0.25) is 0 Å². The fourth-order valence-corrected chi connectivity index (χ4v) is 1.08. The van der Waals surface area contributed by atoms with Crippen LogP contribution in [0.5, 0.6) is 0 Å². The quantitative estimate of drug-likeness (QED) is 0.221. The third-order valence-corrected chi connectivity index (χ3v) is 1.96. The molecule has 0 aromatic rings. The van der Waals surface area contributed by atoms with Crippen molar-refractivity contribution < 1.29 is 19.1 Å². The van der Waals surface area contributed by atoms with Gasteiger partial charge in [-0.05, 0) is 31.2 Å². The van der Waals surface area contributed by atoms with Crippen LogP contribution >= 0.6 is 0 Å². The van der Waals surface area contributed by atoms with Crippen LogP contribution in [0.4, 0.5) is 0 Å². The van der Waals surface area contributed by atoms with Gasteiger partial charge in [0.15, 0.2) is 0 Å². The Bertz CT molecular complexity index is 323. The Labute approximate surface area is 114 Å². The number of nitrogens with zero attached hydrogens (tertiary/aromatic N) is 1. The fraction of sp³-hybridized carbons (Fsp3) is 0.571. The Morgan fingerprint density at radius 3 is 1.84 bits per heavy atom. The molecular weight excluding hydrogens is 246 g/mol. The zero-order valence-electron chi connectivity index (χ0n) is 12.1. The van der Waals surface area contributed by atoms with Gasteiger partial charge in [-0.1, -0.05) is 13.8 Å². The van der Waals surface area contributed by atoms with Gasteiger partial charge >= 0.3 is 11.9 Å². The first-order valence-corrected chi connectivity index (χ1v) is 6.42. The molecule has 0 aliphatic carbocycles. The van der Waals surface area contributed by atoms with Crippen LogP contribution in [0.15, 0.2) is 23.9 Å². The largest absolute Gasteiger partial charge is 0.462 e. The van der Waals surface area contributed by atoms with Crippen molar-refractivity contribution >= 4 is 11.9 Å². The predicted molar refractivity (Wildman–Crippen MR) is 73.4 cm³/mol. The molecule has 0 aliphatic heterocycles. The molecule has 0 saturated heterocycles. The Morgan fingerprint density at radius 2 is 1.47 bits per heavy atom. The molecule has 0 fully saturated rings. The number of allylic oxidation sites excluding steroid dienone is 2. The molecule has 0 aromatic heterocycles. The van der Waals surface area contributed by atoms with Gasteiger partial charge < -0.3 is 14.4 Å². The molecule has 0 aliphatic rings.